The largest absolute Gasteiger partial charge is 0.497 e. The highest BCUT2D eigenvalue weighted by Gasteiger charge is 2.49. The van der Waals surface area contributed by atoms with E-state index in [1.807, 2.05) is 0 Å². The van der Waals surface area contributed by atoms with E-state index in [0.29, 0.717) is 16.9 Å². The van der Waals surface area contributed by atoms with Gasteiger partial charge in [-0.25, -0.2) is 9.59 Å². The van der Waals surface area contributed by atoms with Gasteiger partial charge >= 0.3 is 12.0 Å². The SMILES string of the molecule is COc1ccc(C2(C)NC(=O)N(CC(=O)Oc3ccc([N+](=O)[O-])c(C)c3)C2=O)cc1. The second-order valence-corrected chi connectivity index (χ2v) is 6.85. The van der Waals surface area contributed by atoms with Crippen LogP contribution in [0, 0.1) is 17.0 Å². The zero-order valence-electron chi connectivity index (χ0n) is 16.5. The number of carbonyl (C=O) groups is 3. The van der Waals surface area contributed by atoms with Gasteiger partial charge in [-0.05, 0) is 43.7 Å². The van der Waals surface area contributed by atoms with E-state index in [9.17, 15) is 24.5 Å². The summed E-state index contributed by atoms with van der Waals surface area (Å²) in [7, 11) is 1.51. The summed E-state index contributed by atoms with van der Waals surface area (Å²) in [5, 5.41) is 13.5. The second-order valence-electron chi connectivity index (χ2n) is 6.85. The third-order valence-corrected chi connectivity index (χ3v) is 4.83. The standard InChI is InChI=1S/C20H19N3O7/c1-12-10-15(8-9-16(12)23(27)28)30-17(24)11-22-18(25)20(2,21-19(22)26)13-4-6-14(29-3)7-5-13/h4-10H,11H2,1-3H3,(H,21,26). The van der Waals surface area contributed by atoms with Gasteiger partial charge in [-0.15, -0.1) is 0 Å². The molecule has 1 heterocycles. The number of ether oxygens (including phenoxy) is 2. The maximum atomic E-state index is 12.9. The van der Waals surface area contributed by atoms with Crippen LogP contribution in [0.15, 0.2) is 42.5 Å². The highest BCUT2D eigenvalue weighted by Crippen LogP contribution is 2.30. The number of nitro benzene ring substituents is 1. The van der Waals surface area contributed by atoms with Gasteiger partial charge in [-0.1, -0.05) is 12.1 Å². The molecule has 1 unspecified atom stereocenters. The van der Waals surface area contributed by atoms with Crippen LogP contribution >= 0.6 is 0 Å². The number of urea groups is 1. The summed E-state index contributed by atoms with van der Waals surface area (Å²) >= 11 is 0. The van der Waals surface area contributed by atoms with E-state index in [2.05, 4.69) is 5.32 Å². The Kier molecular flexibility index (Phi) is 5.41. The van der Waals surface area contributed by atoms with Crippen LogP contribution in [0.3, 0.4) is 0 Å². The number of esters is 1. The molecule has 1 atom stereocenters. The van der Waals surface area contributed by atoms with Gasteiger partial charge in [-0.3, -0.25) is 19.8 Å². The van der Waals surface area contributed by atoms with E-state index in [1.54, 1.807) is 31.2 Å². The quantitative estimate of drug-likeness (QED) is 0.253. The first-order valence-corrected chi connectivity index (χ1v) is 8.90. The molecule has 0 radical (unpaired) electrons. The van der Waals surface area contributed by atoms with Gasteiger partial charge < -0.3 is 14.8 Å². The molecule has 1 saturated heterocycles. The van der Waals surface area contributed by atoms with Crippen LogP contribution in [-0.2, 0) is 15.1 Å². The van der Waals surface area contributed by atoms with Crippen molar-refractivity contribution in [3.63, 3.8) is 0 Å². The van der Waals surface area contributed by atoms with Crippen LogP contribution in [0.5, 0.6) is 11.5 Å². The van der Waals surface area contributed by atoms with E-state index in [4.69, 9.17) is 9.47 Å². The van der Waals surface area contributed by atoms with Crippen LogP contribution in [0.4, 0.5) is 10.5 Å². The summed E-state index contributed by atoms with van der Waals surface area (Å²) in [6.07, 6.45) is 0. The first-order valence-electron chi connectivity index (χ1n) is 8.90. The van der Waals surface area contributed by atoms with Gasteiger partial charge in [0.25, 0.3) is 11.6 Å². The molecule has 0 bridgehead atoms. The summed E-state index contributed by atoms with van der Waals surface area (Å²) in [5.74, 6) is -0.786. The predicted octanol–water partition coefficient (Wildman–Crippen LogP) is 2.28. The van der Waals surface area contributed by atoms with Gasteiger partial charge in [0.2, 0.25) is 0 Å². The number of benzene rings is 2. The highest BCUT2D eigenvalue weighted by atomic mass is 16.6. The van der Waals surface area contributed by atoms with Crippen molar-refractivity contribution in [3.05, 3.63) is 63.7 Å². The van der Waals surface area contributed by atoms with E-state index >= 15 is 0 Å². The maximum Gasteiger partial charge on any atom is 0.331 e. The van der Waals surface area contributed by atoms with Crippen molar-refractivity contribution in [2.45, 2.75) is 19.4 Å². The molecule has 1 aliphatic rings. The lowest BCUT2D eigenvalue weighted by Gasteiger charge is -2.22. The number of carbonyl (C=O) groups excluding carboxylic acids is 3. The minimum Gasteiger partial charge on any atom is -0.497 e. The lowest BCUT2D eigenvalue weighted by atomic mass is 9.92. The lowest BCUT2D eigenvalue weighted by Crippen LogP contribution is -2.41. The van der Waals surface area contributed by atoms with Crippen molar-refractivity contribution in [2.75, 3.05) is 13.7 Å². The van der Waals surface area contributed by atoms with E-state index in [-0.39, 0.29) is 11.4 Å². The third-order valence-electron chi connectivity index (χ3n) is 4.83. The molecule has 0 aliphatic carbocycles. The topological polar surface area (TPSA) is 128 Å². The fourth-order valence-electron chi connectivity index (χ4n) is 3.15. The zero-order chi connectivity index (χ0) is 22.1. The van der Waals surface area contributed by atoms with Gasteiger partial charge in [0, 0.05) is 11.6 Å². The van der Waals surface area contributed by atoms with Gasteiger partial charge in [0.1, 0.15) is 23.6 Å². The average molecular weight is 413 g/mol. The van der Waals surface area contributed by atoms with Crippen molar-refractivity contribution in [2.24, 2.45) is 0 Å². The first-order chi connectivity index (χ1) is 14.2. The lowest BCUT2D eigenvalue weighted by molar-refractivity contribution is -0.385. The number of rotatable bonds is 6. The third kappa shape index (κ3) is 3.79. The molecule has 156 valence electrons. The molecule has 1 fully saturated rings. The summed E-state index contributed by atoms with van der Waals surface area (Å²) < 4.78 is 10.2. The number of methoxy groups -OCH3 is 1. The summed E-state index contributed by atoms with van der Waals surface area (Å²) in [4.78, 5) is 48.6. The number of imide groups is 1. The Balaban J connectivity index is 1.72. The molecule has 30 heavy (non-hydrogen) atoms. The minimum atomic E-state index is -1.34. The first kappa shape index (κ1) is 20.8. The number of nitro groups is 1. The Bertz CT molecular complexity index is 1040. The second kappa shape index (κ2) is 7.82. The number of amides is 3. The molecule has 3 amide bonds. The van der Waals surface area contributed by atoms with Crippen molar-refractivity contribution >= 4 is 23.6 Å². The van der Waals surface area contributed by atoms with Gasteiger partial charge in [0.15, 0.2) is 0 Å². The Morgan fingerprint density at radius 2 is 1.80 bits per heavy atom. The Labute approximate surface area is 171 Å². The molecule has 0 saturated carbocycles. The number of nitrogens with zero attached hydrogens (tertiary/aromatic N) is 2. The molecule has 1 aliphatic heterocycles. The molecule has 0 spiro atoms. The van der Waals surface area contributed by atoms with Crippen LogP contribution < -0.4 is 14.8 Å². The zero-order valence-corrected chi connectivity index (χ0v) is 16.5. The molecule has 2 aromatic rings. The molecule has 10 nitrogen and oxygen atoms in total. The van der Waals surface area contributed by atoms with E-state index in [0.717, 1.165) is 4.90 Å². The van der Waals surface area contributed by atoms with Crippen molar-refractivity contribution in [3.8, 4) is 11.5 Å². The normalized spacial score (nSPS) is 18.2. The Morgan fingerprint density at radius 3 is 2.37 bits per heavy atom. The van der Waals surface area contributed by atoms with Gasteiger partial charge in [0.05, 0.1) is 12.0 Å². The monoisotopic (exact) mass is 413 g/mol. The van der Waals surface area contributed by atoms with Crippen LogP contribution in [0.2, 0.25) is 0 Å². The van der Waals surface area contributed by atoms with Crippen LogP contribution in [0.1, 0.15) is 18.1 Å². The minimum absolute atomic E-state index is 0.0769. The smallest absolute Gasteiger partial charge is 0.331 e. The summed E-state index contributed by atoms with van der Waals surface area (Å²) in [5.41, 5.74) is -0.608. The Morgan fingerprint density at radius 1 is 1.17 bits per heavy atom. The average Bonchev–Trinajstić information content (AvgIpc) is 2.91. The molecule has 10 heteroatoms. The predicted molar refractivity (Wildman–Crippen MR) is 104 cm³/mol. The highest BCUT2D eigenvalue weighted by molar-refractivity contribution is 6.08. The molecule has 1 N–H and O–H groups in total. The fraction of sp³-hybridized carbons (Fsp3) is 0.250. The molecular formula is C20H19N3O7. The molecular weight excluding hydrogens is 394 g/mol. The van der Waals surface area contributed by atoms with E-state index < -0.39 is 34.9 Å². The fourth-order valence-corrected chi connectivity index (χ4v) is 3.15. The molecule has 3 rings (SSSR count). The number of aryl methyl sites for hydroxylation is 1. The molecule has 2 aromatic carbocycles. The van der Waals surface area contributed by atoms with E-state index in [1.165, 1.54) is 32.2 Å². The summed E-state index contributed by atoms with van der Waals surface area (Å²) in [6.45, 7) is 2.44. The number of nitrogens with one attached hydrogen (secondary N) is 1. The van der Waals surface area contributed by atoms with Crippen LogP contribution in [0.25, 0.3) is 0 Å². The van der Waals surface area contributed by atoms with Crippen molar-refractivity contribution in [1.29, 1.82) is 0 Å². The number of hydrogen-bond donors (Lipinski definition) is 1. The van der Waals surface area contributed by atoms with Gasteiger partial charge in [-0.2, -0.15) is 0 Å². The molecule has 0 aromatic heterocycles. The maximum absolute atomic E-state index is 12.9. The summed E-state index contributed by atoms with van der Waals surface area (Å²) in [6, 6.07) is 9.72. The number of hydrogen-bond acceptors (Lipinski definition) is 7. The van der Waals surface area contributed by atoms with Crippen LogP contribution in [-0.4, -0.2) is 41.4 Å². The Hall–Kier alpha value is -3.95. The van der Waals surface area contributed by atoms with Crippen molar-refractivity contribution in [1.82, 2.24) is 10.2 Å². The van der Waals surface area contributed by atoms with Crippen molar-refractivity contribution < 1.29 is 28.8 Å².